The minimum atomic E-state index is -0.864. The Bertz CT molecular complexity index is 466. The molecule has 0 radical (unpaired) electrons. The second-order valence-electron chi connectivity index (χ2n) is 4.88. The summed E-state index contributed by atoms with van der Waals surface area (Å²) in [7, 11) is 0. The molecule has 1 aromatic rings. The molecule has 1 atom stereocenters. The van der Waals surface area contributed by atoms with Gasteiger partial charge in [-0.3, -0.25) is 9.59 Å². The lowest BCUT2D eigenvalue weighted by Crippen LogP contribution is -2.38. The number of carboxylic acid groups (broad SMARTS) is 1. The highest BCUT2D eigenvalue weighted by Gasteiger charge is 2.33. The van der Waals surface area contributed by atoms with Crippen molar-refractivity contribution >= 4 is 11.9 Å². The summed E-state index contributed by atoms with van der Waals surface area (Å²) in [6, 6.07) is 7.06. The highest BCUT2D eigenvalue weighted by atomic mass is 16.4. The lowest BCUT2D eigenvalue weighted by Gasteiger charge is -2.16. The number of amides is 1. The first kappa shape index (κ1) is 12.6. The summed E-state index contributed by atoms with van der Waals surface area (Å²) in [6.07, 6.45) is 2.01. The fraction of sp³-hybridized carbons (Fsp3) is 0.429. The third kappa shape index (κ3) is 3.32. The van der Waals surface area contributed by atoms with Crippen molar-refractivity contribution in [1.82, 2.24) is 5.32 Å². The Labute approximate surface area is 106 Å². The maximum atomic E-state index is 12.0. The van der Waals surface area contributed by atoms with E-state index in [9.17, 15) is 9.59 Å². The van der Waals surface area contributed by atoms with E-state index < -0.39 is 5.97 Å². The zero-order valence-electron chi connectivity index (χ0n) is 10.3. The number of carbonyl (C=O) groups is 2. The summed E-state index contributed by atoms with van der Waals surface area (Å²) in [5.74, 6) is -0.719. The van der Waals surface area contributed by atoms with Crippen molar-refractivity contribution in [3.8, 4) is 0 Å². The van der Waals surface area contributed by atoms with E-state index in [2.05, 4.69) is 5.32 Å². The van der Waals surface area contributed by atoms with Crippen LogP contribution >= 0.6 is 0 Å². The van der Waals surface area contributed by atoms with Gasteiger partial charge < -0.3 is 10.4 Å². The van der Waals surface area contributed by atoms with Gasteiger partial charge in [0.05, 0.1) is 6.42 Å². The van der Waals surface area contributed by atoms with Gasteiger partial charge >= 0.3 is 5.97 Å². The molecule has 0 saturated heterocycles. The van der Waals surface area contributed by atoms with E-state index in [-0.39, 0.29) is 18.4 Å². The summed E-state index contributed by atoms with van der Waals surface area (Å²) in [4.78, 5) is 22.8. The van der Waals surface area contributed by atoms with Crippen molar-refractivity contribution in [1.29, 1.82) is 0 Å². The summed E-state index contributed by atoms with van der Waals surface area (Å²) in [6.45, 7) is 1.92. The van der Waals surface area contributed by atoms with Gasteiger partial charge in [-0.1, -0.05) is 17.7 Å². The smallest absolute Gasteiger partial charge is 0.305 e. The summed E-state index contributed by atoms with van der Waals surface area (Å²) >= 11 is 0. The molecular formula is C14H17NO3. The summed E-state index contributed by atoms with van der Waals surface area (Å²) in [5, 5.41) is 11.7. The third-order valence-corrected chi connectivity index (χ3v) is 3.18. The number of nitrogens with one attached hydrogen (secondary N) is 1. The van der Waals surface area contributed by atoms with Gasteiger partial charge in [-0.2, -0.15) is 0 Å². The number of carboxylic acids is 1. The van der Waals surface area contributed by atoms with Crippen molar-refractivity contribution < 1.29 is 14.7 Å². The number of hydrogen-bond donors (Lipinski definition) is 2. The molecule has 96 valence electrons. The molecule has 0 spiro atoms. The quantitative estimate of drug-likeness (QED) is 0.836. The molecule has 0 heterocycles. The average molecular weight is 247 g/mol. The Morgan fingerprint density at radius 3 is 2.72 bits per heavy atom. The lowest BCUT2D eigenvalue weighted by atomic mass is 10.1. The van der Waals surface area contributed by atoms with Crippen LogP contribution < -0.4 is 5.32 Å². The number of benzene rings is 1. The van der Waals surface area contributed by atoms with Gasteiger partial charge in [0.1, 0.15) is 0 Å². The zero-order valence-corrected chi connectivity index (χ0v) is 10.3. The molecule has 18 heavy (non-hydrogen) atoms. The largest absolute Gasteiger partial charge is 0.481 e. The summed E-state index contributed by atoms with van der Waals surface area (Å²) < 4.78 is 0. The fourth-order valence-corrected chi connectivity index (χ4v) is 2.06. The maximum Gasteiger partial charge on any atom is 0.305 e. The van der Waals surface area contributed by atoms with Gasteiger partial charge in [0, 0.05) is 11.6 Å². The molecule has 1 aliphatic carbocycles. The highest BCUT2D eigenvalue weighted by molar-refractivity contribution is 5.94. The SMILES string of the molecule is Cc1cccc(C(=O)NC(CC(=O)O)C2CC2)c1. The van der Waals surface area contributed by atoms with Gasteiger partial charge in [-0.15, -0.1) is 0 Å². The Kier molecular flexibility index (Phi) is 3.65. The zero-order chi connectivity index (χ0) is 13.1. The van der Waals surface area contributed by atoms with E-state index in [0.717, 1.165) is 18.4 Å². The topological polar surface area (TPSA) is 66.4 Å². The van der Waals surface area contributed by atoms with Gasteiger partial charge in [0.15, 0.2) is 0 Å². The first-order valence-electron chi connectivity index (χ1n) is 6.15. The molecule has 1 unspecified atom stereocenters. The standard InChI is InChI=1S/C14H17NO3/c1-9-3-2-4-11(7-9)14(18)15-12(8-13(16)17)10-5-6-10/h2-4,7,10,12H,5-6,8H2,1H3,(H,15,18)(H,16,17). The van der Waals surface area contributed by atoms with Crippen LogP contribution in [0.4, 0.5) is 0 Å². The first-order valence-corrected chi connectivity index (χ1v) is 6.15. The van der Waals surface area contributed by atoms with E-state index in [1.807, 2.05) is 19.1 Å². The minimum absolute atomic E-state index is 0.00220. The van der Waals surface area contributed by atoms with Crippen molar-refractivity contribution in [2.45, 2.75) is 32.2 Å². The van der Waals surface area contributed by atoms with E-state index in [0.29, 0.717) is 11.5 Å². The second-order valence-corrected chi connectivity index (χ2v) is 4.88. The van der Waals surface area contributed by atoms with E-state index in [1.165, 1.54) is 0 Å². The maximum absolute atomic E-state index is 12.0. The lowest BCUT2D eigenvalue weighted by molar-refractivity contribution is -0.137. The fourth-order valence-electron chi connectivity index (χ4n) is 2.06. The Morgan fingerprint density at radius 1 is 1.44 bits per heavy atom. The predicted molar refractivity (Wildman–Crippen MR) is 67.4 cm³/mol. The monoisotopic (exact) mass is 247 g/mol. The molecule has 4 heteroatoms. The molecule has 0 aromatic heterocycles. The van der Waals surface area contributed by atoms with Crippen LogP contribution in [-0.4, -0.2) is 23.0 Å². The molecule has 1 fully saturated rings. The molecular weight excluding hydrogens is 230 g/mol. The van der Waals surface area contributed by atoms with Crippen molar-refractivity contribution in [2.75, 3.05) is 0 Å². The van der Waals surface area contributed by atoms with Gasteiger partial charge in [0.2, 0.25) is 0 Å². The molecule has 0 bridgehead atoms. The number of carbonyl (C=O) groups excluding carboxylic acids is 1. The molecule has 4 nitrogen and oxygen atoms in total. The van der Waals surface area contributed by atoms with E-state index in [4.69, 9.17) is 5.11 Å². The van der Waals surface area contributed by atoms with Crippen LogP contribution in [0.25, 0.3) is 0 Å². The van der Waals surface area contributed by atoms with Crippen molar-refractivity contribution in [3.05, 3.63) is 35.4 Å². The van der Waals surface area contributed by atoms with Crippen LogP contribution in [0.5, 0.6) is 0 Å². The van der Waals surface area contributed by atoms with Crippen LogP contribution in [0.1, 0.15) is 35.2 Å². The first-order chi connectivity index (χ1) is 8.56. The normalized spacial score (nSPS) is 16.1. The Morgan fingerprint density at radius 2 is 2.17 bits per heavy atom. The molecule has 2 N–H and O–H groups in total. The van der Waals surface area contributed by atoms with Gasteiger partial charge in [0.25, 0.3) is 5.91 Å². The van der Waals surface area contributed by atoms with Gasteiger partial charge in [-0.05, 0) is 37.8 Å². The number of aliphatic carboxylic acids is 1. The third-order valence-electron chi connectivity index (χ3n) is 3.18. The Hall–Kier alpha value is -1.84. The number of hydrogen-bond acceptors (Lipinski definition) is 2. The molecule has 1 aliphatic rings. The van der Waals surface area contributed by atoms with Crippen LogP contribution in [0.2, 0.25) is 0 Å². The highest BCUT2D eigenvalue weighted by Crippen LogP contribution is 2.34. The van der Waals surface area contributed by atoms with Crippen LogP contribution in [0.15, 0.2) is 24.3 Å². The second kappa shape index (κ2) is 5.21. The van der Waals surface area contributed by atoms with Crippen molar-refractivity contribution in [2.24, 2.45) is 5.92 Å². The Balaban J connectivity index is 2.02. The van der Waals surface area contributed by atoms with E-state index in [1.54, 1.807) is 12.1 Å². The molecule has 1 aromatic carbocycles. The van der Waals surface area contributed by atoms with Crippen LogP contribution in [0.3, 0.4) is 0 Å². The average Bonchev–Trinajstić information content (AvgIpc) is 3.11. The van der Waals surface area contributed by atoms with Crippen molar-refractivity contribution in [3.63, 3.8) is 0 Å². The predicted octanol–water partition coefficient (Wildman–Crippen LogP) is 1.98. The van der Waals surface area contributed by atoms with E-state index >= 15 is 0 Å². The molecule has 1 amide bonds. The van der Waals surface area contributed by atoms with Gasteiger partial charge in [-0.25, -0.2) is 0 Å². The van der Waals surface area contributed by atoms with Crippen LogP contribution in [-0.2, 0) is 4.79 Å². The molecule has 2 rings (SSSR count). The minimum Gasteiger partial charge on any atom is -0.481 e. The van der Waals surface area contributed by atoms with Crippen LogP contribution in [0, 0.1) is 12.8 Å². The molecule has 0 aliphatic heterocycles. The number of aryl methyl sites for hydroxylation is 1. The molecule has 1 saturated carbocycles. The summed E-state index contributed by atoms with van der Waals surface area (Å²) in [5.41, 5.74) is 1.61. The number of rotatable bonds is 5.